The molecule has 2 saturated heterocycles. The molecule has 0 aliphatic carbocycles. The largest absolute Gasteiger partial charge is 0.345 e. The highest BCUT2D eigenvalue weighted by molar-refractivity contribution is 5.97. The van der Waals surface area contributed by atoms with E-state index in [9.17, 15) is 13.6 Å². The minimum Gasteiger partial charge on any atom is -0.345 e. The second kappa shape index (κ2) is 6.65. The lowest BCUT2D eigenvalue weighted by molar-refractivity contribution is 0.0652. The van der Waals surface area contributed by atoms with Crippen molar-refractivity contribution in [1.82, 2.24) is 25.7 Å². The van der Waals surface area contributed by atoms with Gasteiger partial charge in [-0.3, -0.25) is 10.2 Å². The number of benzene rings is 2. The monoisotopic (exact) mass is 383 g/mol. The van der Waals surface area contributed by atoms with Gasteiger partial charge in [0.1, 0.15) is 11.6 Å². The SMILES string of the molecule is O=C(c1ccc2nc[nH]c2c1)N1CCC2NNC(c3cc(F)ccc3F)C2C1. The van der Waals surface area contributed by atoms with Crippen molar-refractivity contribution in [3.05, 3.63) is 65.5 Å². The van der Waals surface area contributed by atoms with Crippen LogP contribution in [0.4, 0.5) is 8.78 Å². The van der Waals surface area contributed by atoms with Gasteiger partial charge in [0, 0.05) is 36.2 Å². The summed E-state index contributed by atoms with van der Waals surface area (Å²) in [6.07, 6.45) is 2.33. The zero-order valence-electron chi connectivity index (χ0n) is 15.0. The zero-order valence-corrected chi connectivity index (χ0v) is 15.0. The van der Waals surface area contributed by atoms with Gasteiger partial charge >= 0.3 is 0 Å². The number of amides is 1. The van der Waals surface area contributed by atoms with Gasteiger partial charge in [0.25, 0.3) is 5.91 Å². The van der Waals surface area contributed by atoms with Crippen LogP contribution in [0.15, 0.2) is 42.7 Å². The summed E-state index contributed by atoms with van der Waals surface area (Å²) in [7, 11) is 0. The number of hydrogen-bond donors (Lipinski definition) is 3. The Bertz CT molecular complexity index is 1050. The summed E-state index contributed by atoms with van der Waals surface area (Å²) in [5.74, 6) is -1.04. The fourth-order valence-electron chi connectivity index (χ4n) is 4.30. The molecule has 2 aliphatic heterocycles. The maximum absolute atomic E-state index is 14.3. The van der Waals surface area contributed by atoms with Gasteiger partial charge in [0.05, 0.1) is 23.4 Å². The molecule has 2 fully saturated rings. The van der Waals surface area contributed by atoms with Crippen LogP contribution in [0, 0.1) is 17.6 Å². The number of carbonyl (C=O) groups excluding carboxylic acids is 1. The van der Waals surface area contributed by atoms with E-state index in [2.05, 4.69) is 20.8 Å². The number of nitrogens with one attached hydrogen (secondary N) is 3. The number of fused-ring (bicyclic) bond motifs is 2. The molecule has 1 amide bonds. The average Bonchev–Trinajstić information content (AvgIpc) is 3.34. The Morgan fingerprint density at radius 1 is 1.14 bits per heavy atom. The number of hydrazine groups is 1. The van der Waals surface area contributed by atoms with Crippen LogP contribution < -0.4 is 10.9 Å². The first-order chi connectivity index (χ1) is 13.6. The maximum Gasteiger partial charge on any atom is 0.253 e. The van der Waals surface area contributed by atoms with Crippen molar-refractivity contribution in [2.24, 2.45) is 5.92 Å². The lowest BCUT2D eigenvalue weighted by Gasteiger charge is -2.36. The Morgan fingerprint density at radius 2 is 2.04 bits per heavy atom. The van der Waals surface area contributed by atoms with Crippen LogP contribution >= 0.6 is 0 Å². The summed E-state index contributed by atoms with van der Waals surface area (Å²) in [4.78, 5) is 22.0. The number of aromatic amines is 1. The molecule has 0 saturated carbocycles. The molecule has 1 aromatic heterocycles. The quantitative estimate of drug-likeness (QED) is 0.636. The number of halogens is 2. The number of likely N-dealkylation sites (tertiary alicyclic amines) is 1. The number of rotatable bonds is 2. The molecule has 8 heteroatoms. The molecular weight excluding hydrogens is 364 g/mol. The number of hydrogen-bond acceptors (Lipinski definition) is 4. The van der Waals surface area contributed by atoms with E-state index >= 15 is 0 Å². The Labute approximate surface area is 159 Å². The minimum absolute atomic E-state index is 0.0510. The Kier molecular flexibility index (Phi) is 4.10. The number of piperidine rings is 1. The van der Waals surface area contributed by atoms with Crippen LogP contribution in [0.3, 0.4) is 0 Å². The Hall–Kier alpha value is -2.84. The van der Waals surface area contributed by atoms with Crippen molar-refractivity contribution < 1.29 is 13.6 Å². The lowest BCUT2D eigenvalue weighted by atomic mass is 9.84. The van der Waals surface area contributed by atoms with E-state index in [1.807, 2.05) is 6.07 Å². The van der Waals surface area contributed by atoms with Gasteiger partial charge in [-0.05, 0) is 42.8 Å². The maximum atomic E-state index is 14.3. The molecular formula is C20H19F2N5O. The number of aromatic nitrogens is 2. The Balaban J connectivity index is 1.40. The molecule has 5 rings (SSSR count). The molecule has 3 aromatic rings. The second-order valence-electron chi connectivity index (χ2n) is 7.38. The van der Waals surface area contributed by atoms with Crippen molar-refractivity contribution in [2.75, 3.05) is 13.1 Å². The molecule has 144 valence electrons. The molecule has 2 aromatic carbocycles. The second-order valence-corrected chi connectivity index (χ2v) is 7.38. The van der Waals surface area contributed by atoms with Crippen LogP contribution in [0.5, 0.6) is 0 Å². The van der Waals surface area contributed by atoms with Crippen molar-refractivity contribution in [2.45, 2.75) is 18.5 Å². The third kappa shape index (κ3) is 2.85. The average molecular weight is 383 g/mol. The van der Waals surface area contributed by atoms with Gasteiger partial charge in [-0.25, -0.2) is 19.2 Å². The lowest BCUT2D eigenvalue weighted by Crippen LogP contribution is -2.47. The molecule has 3 heterocycles. The van der Waals surface area contributed by atoms with Crippen LogP contribution in [0.25, 0.3) is 11.0 Å². The summed E-state index contributed by atoms with van der Waals surface area (Å²) in [6.45, 7) is 1.07. The van der Waals surface area contributed by atoms with Gasteiger partial charge in [-0.2, -0.15) is 0 Å². The number of carbonyl (C=O) groups is 1. The first-order valence-electron chi connectivity index (χ1n) is 9.28. The topological polar surface area (TPSA) is 73.0 Å². The normalized spacial score (nSPS) is 24.5. The van der Waals surface area contributed by atoms with Crippen LogP contribution in [-0.2, 0) is 0 Å². The van der Waals surface area contributed by atoms with Crippen molar-refractivity contribution in [3.63, 3.8) is 0 Å². The van der Waals surface area contributed by atoms with Gasteiger partial charge in [0.15, 0.2) is 0 Å². The predicted molar refractivity (Wildman–Crippen MR) is 99.3 cm³/mol. The van der Waals surface area contributed by atoms with Crippen molar-refractivity contribution in [1.29, 1.82) is 0 Å². The number of imidazole rings is 1. The highest BCUT2D eigenvalue weighted by Crippen LogP contribution is 2.35. The van der Waals surface area contributed by atoms with E-state index in [1.54, 1.807) is 23.4 Å². The molecule has 3 unspecified atom stereocenters. The van der Waals surface area contributed by atoms with Crippen molar-refractivity contribution in [3.8, 4) is 0 Å². The zero-order chi connectivity index (χ0) is 19.3. The molecule has 0 spiro atoms. The Morgan fingerprint density at radius 3 is 2.93 bits per heavy atom. The van der Waals surface area contributed by atoms with E-state index < -0.39 is 17.7 Å². The minimum atomic E-state index is -0.474. The summed E-state index contributed by atoms with van der Waals surface area (Å²) >= 11 is 0. The number of nitrogens with zero attached hydrogens (tertiary/aromatic N) is 2. The fraction of sp³-hybridized carbons (Fsp3) is 0.300. The molecule has 3 atom stereocenters. The van der Waals surface area contributed by atoms with Gasteiger partial charge in [-0.15, -0.1) is 0 Å². The van der Waals surface area contributed by atoms with E-state index in [0.29, 0.717) is 18.7 Å². The fourth-order valence-corrected chi connectivity index (χ4v) is 4.30. The van der Waals surface area contributed by atoms with Gasteiger partial charge in [-0.1, -0.05) is 0 Å². The number of H-pyrrole nitrogens is 1. The smallest absolute Gasteiger partial charge is 0.253 e. The van der Waals surface area contributed by atoms with Gasteiger partial charge < -0.3 is 9.88 Å². The van der Waals surface area contributed by atoms with Crippen LogP contribution in [0.1, 0.15) is 28.4 Å². The molecule has 2 aliphatic rings. The third-order valence-corrected chi connectivity index (χ3v) is 5.76. The van der Waals surface area contributed by atoms with E-state index in [-0.39, 0.29) is 23.4 Å². The molecule has 28 heavy (non-hydrogen) atoms. The highest BCUT2D eigenvalue weighted by Gasteiger charge is 2.42. The summed E-state index contributed by atoms with van der Waals surface area (Å²) in [6, 6.07) is 8.57. The van der Waals surface area contributed by atoms with Crippen molar-refractivity contribution >= 4 is 16.9 Å². The van der Waals surface area contributed by atoms with Gasteiger partial charge in [0.2, 0.25) is 0 Å². The molecule has 6 nitrogen and oxygen atoms in total. The first kappa shape index (κ1) is 17.3. The highest BCUT2D eigenvalue weighted by atomic mass is 19.1. The summed E-state index contributed by atoms with van der Waals surface area (Å²) in [5.41, 5.74) is 8.77. The van der Waals surface area contributed by atoms with E-state index in [4.69, 9.17) is 0 Å². The third-order valence-electron chi connectivity index (χ3n) is 5.76. The first-order valence-corrected chi connectivity index (χ1v) is 9.28. The van der Waals surface area contributed by atoms with E-state index in [0.717, 1.165) is 29.6 Å². The summed E-state index contributed by atoms with van der Waals surface area (Å²) in [5, 5.41) is 0. The standard InChI is InChI=1S/C20H19F2N5O/c21-12-2-3-15(22)13(8-12)19-14-9-27(6-5-16(14)25-26-19)20(28)11-1-4-17-18(7-11)24-10-23-17/h1-4,7-8,10,14,16,19,25-26H,5-6,9H2,(H,23,24). The molecule has 0 radical (unpaired) electrons. The van der Waals surface area contributed by atoms with Crippen LogP contribution in [0.2, 0.25) is 0 Å². The molecule has 3 N–H and O–H groups in total. The molecule has 0 bridgehead atoms. The predicted octanol–water partition coefficient (Wildman–Crippen LogP) is 2.52. The summed E-state index contributed by atoms with van der Waals surface area (Å²) < 4.78 is 28.0. The van der Waals surface area contributed by atoms with E-state index in [1.165, 1.54) is 6.07 Å². The van der Waals surface area contributed by atoms with Crippen LogP contribution in [-0.4, -0.2) is 39.9 Å².